The van der Waals surface area contributed by atoms with Gasteiger partial charge in [0.2, 0.25) is 5.91 Å². The van der Waals surface area contributed by atoms with Gasteiger partial charge in [0.25, 0.3) is 0 Å². The summed E-state index contributed by atoms with van der Waals surface area (Å²) in [6, 6.07) is 1.97. The molecule has 1 aliphatic heterocycles. The Bertz CT molecular complexity index is 425. The van der Waals surface area contributed by atoms with Crippen LogP contribution in [0.5, 0.6) is 0 Å². The zero-order chi connectivity index (χ0) is 14.4. The van der Waals surface area contributed by atoms with Crippen LogP contribution >= 0.6 is 11.3 Å². The maximum absolute atomic E-state index is 11.1. The van der Waals surface area contributed by atoms with E-state index in [4.69, 9.17) is 0 Å². The van der Waals surface area contributed by atoms with Crippen molar-refractivity contribution in [2.45, 2.75) is 32.7 Å². The van der Waals surface area contributed by atoms with Crippen LogP contribution in [-0.2, 0) is 11.3 Å². The zero-order valence-corrected chi connectivity index (χ0v) is 13.3. The average molecular weight is 295 g/mol. The number of carbonyl (C=O) groups excluding carboxylic acids is 1. The minimum absolute atomic E-state index is 0.00373. The van der Waals surface area contributed by atoms with E-state index in [1.54, 1.807) is 18.3 Å². The third-order valence-corrected chi connectivity index (χ3v) is 4.83. The maximum Gasteiger partial charge on any atom is 0.221 e. The summed E-state index contributed by atoms with van der Waals surface area (Å²) in [7, 11) is 2.20. The number of carbonyl (C=O) groups is 1. The summed E-state index contributed by atoms with van der Waals surface area (Å²) in [5.41, 5.74) is 0.953. The fourth-order valence-electron chi connectivity index (χ4n) is 2.64. The van der Waals surface area contributed by atoms with Crippen LogP contribution in [-0.4, -0.2) is 37.5 Å². The highest BCUT2D eigenvalue weighted by molar-refractivity contribution is 7.10. The van der Waals surface area contributed by atoms with Crippen LogP contribution in [0.15, 0.2) is 11.4 Å². The van der Waals surface area contributed by atoms with Crippen LogP contribution in [0.4, 0.5) is 5.69 Å². The van der Waals surface area contributed by atoms with E-state index in [1.807, 2.05) is 11.4 Å². The quantitative estimate of drug-likeness (QED) is 0.793. The third-order valence-electron chi connectivity index (χ3n) is 3.91. The Morgan fingerprint density at radius 2 is 2.20 bits per heavy atom. The number of rotatable bonds is 6. The summed E-state index contributed by atoms with van der Waals surface area (Å²) >= 11 is 1.69. The van der Waals surface area contributed by atoms with Crippen molar-refractivity contribution in [2.75, 3.05) is 32.0 Å². The molecule has 1 fully saturated rings. The lowest BCUT2D eigenvalue weighted by atomic mass is 9.94. The number of thiophene rings is 1. The van der Waals surface area contributed by atoms with Gasteiger partial charge in [0.05, 0.1) is 5.69 Å². The minimum Gasteiger partial charge on any atom is -0.325 e. The van der Waals surface area contributed by atoms with E-state index < -0.39 is 0 Å². The van der Waals surface area contributed by atoms with Gasteiger partial charge >= 0.3 is 0 Å². The van der Waals surface area contributed by atoms with Gasteiger partial charge in [-0.2, -0.15) is 0 Å². The number of anilines is 1. The Kier molecular flexibility index (Phi) is 6.01. The molecule has 0 spiro atoms. The van der Waals surface area contributed by atoms with Crippen LogP contribution < -0.4 is 10.6 Å². The molecule has 0 saturated carbocycles. The van der Waals surface area contributed by atoms with Crippen LogP contribution in [0, 0.1) is 5.92 Å². The summed E-state index contributed by atoms with van der Waals surface area (Å²) in [5, 5.41) is 8.41. The van der Waals surface area contributed by atoms with Gasteiger partial charge in [-0.25, -0.2) is 0 Å². The molecular weight excluding hydrogens is 270 g/mol. The van der Waals surface area contributed by atoms with Gasteiger partial charge in [-0.3, -0.25) is 4.79 Å². The highest BCUT2D eigenvalue weighted by atomic mass is 32.1. The van der Waals surface area contributed by atoms with Crippen molar-refractivity contribution in [3.8, 4) is 0 Å². The molecule has 0 atom stereocenters. The number of hydrogen-bond acceptors (Lipinski definition) is 4. The molecule has 4 nitrogen and oxygen atoms in total. The molecule has 1 aliphatic rings. The van der Waals surface area contributed by atoms with Crippen molar-refractivity contribution in [3.05, 3.63) is 16.3 Å². The van der Waals surface area contributed by atoms with E-state index in [-0.39, 0.29) is 5.91 Å². The SMILES string of the molecule is CC(=O)Nc1ccsc1CNCCC1CCN(C)CC1. The lowest BCUT2D eigenvalue weighted by Gasteiger charge is -2.28. The number of amides is 1. The fraction of sp³-hybridized carbons (Fsp3) is 0.667. The van der Waals surface area contributed by atoms with E-state index in [2.05, 4.69) is 22.6 Å². The van der Waals surface area contributed by atoms with Crippen LogP contribution in [0.1, 0.15) is 31.1 Å². The lowest BCUT2D eigenvalue weighted by molar-refractivity contribution is -0.114. The monoisotopic (exact) mass is 295 g/mol. The molecule has 0 radical (unpaired) electrons. The Morgan fingerprint density at radius 3 is 2.90 bits per heavy atom. The van der Waals surface area contributed by atoms with E-state index in [1.165, 1.54) is 37.2 Å². The third kappa shape index (κ3) is 4.89. The van der Waals surface area contributed by atoms with Crippen LogP contribution in [0.2, 0.25) is 0 Å². The van der Waals surface area contributed by atoms with Gasteiger partial charge in [0, 0.05) is 18.3 Å². The van der Waals surface area contributed by atoms with Gasteiger partial charge in [0.1, 0.15) is 0 Å². The molecule has 1 aromatic rings. The molecule has 1 aromatic heterocycles. The predicted molar refractivity (Wildman–Crippen MR) is 85.2 cm³/mol. The standard InChI is InChI=1S/C15H25N3OS/c1-12(19)17-14-6-10-20-15(14)11-16-7-3-13-4-8-18(2)9-5-13/h6,10,13,16H,3-5,7-9,11H2,1-2H3,(H,17,19). The molecule has 0 aromatic carbocycles. The highest BCUT2D eigenvalue weighted by Crippen LogP contribution is 2.22. The van der Waals surface area contributed by atoms with E-state index in [0.29, 0.717) is 0 Å². The van der Waals surface area contributed by atoms with Crippen molar-refractivity contribution in [2.24, 2.45) is 5.92 Å². The van der Waals surface area contributed by atoms with E-state index >= 15 is 0 Å². The smallest absolute Gasteiger partial charge is 0.221 e. The normalized spacial score (nSPS) is 17.3. The molecule has 112 valence electrons. The Hall–Kier alpha value is -0.910. The average Bonchev–Trinajstić information content (AvgIpc) is 2.83. The molecule has 1 saturated heterocycles. The van der Waals surface area contributed by atoms with Gasteiger partial charge < -0.3 is 15.5 Å². The zero-order valence-electron chi connectivity index (χ0n) is 12.4. The largest absolute Gasteiger partial charge is 0.325 e. The molecule has 0 aliphatic carbocycles. The van der Waals surface area contributed by atoms with Crippen LogP contribution in [0.3, 0.4) is 0 Å². The Labute approximate surface area is 125 Å². The molecule has 5 heteroatoms. The summed E-state index contributed by atoms with van der Waals surface area (Å²) in [4.78, 5) is 14.7. The number of piperidine rings is 1. The van der Waals surface area contributed by atoms with Crippen molar-refractivity contribution >= 4 is 22.9 Å². The second-order valence-electron chi connectivity index (χ2n) is 5.65. The summed E-state index contributed by atoms with van der Waals surface area (Å²) < 4.78 is 0. The van der Waals surface area contributed by atoms with Gasteiger partial charge in [-0.15, -0.1) is 11.3 Å². The Morgan fingerprint density at radius 1 is 1.45 bits per heavy atom. The van der Waals surface area contributed by atoms with Gasteiger partial charge in [0.15, 0.2) is 0 Å². The number of nitrogens with zero attached hydrogens (tertiary/aromatic N) is 1. The van der Waals surface area contributed by atoms with Gasteiger partial charge in [-0.05, 0) is 63.3 Å². The van der Waals surface area contributed by atoms with Crippen LogP contribution in [0.25, 0.3) is 0 Å². The van der Waals surface area contributed by atoms with Crippen molar-refractivity contribution in [1.82, 2.24) is 10.2 Å². The first-order chi connectivity index (χ1) is 9.65. The topological polar surface area (TPSA) is 44.4 Å². The summed E-state index contributed by atoms with van der Waals surface area (Å²) in [5.74, 6) is 0.868. The Balaban J connectivity index is 1.66. The first-order valence-electron chi connectivity index (χ1n) is 7.38. The van der Waals surface area contributed by atoms with E-state index in [0.717, 1.165) is 24.7 Å². The number of likely N-dealkylation sites (tertiary alicyclic amines) is 1. The second-order valence-corrected chi connectivity index (χ2v) is 6.65. The van der Waals surface area contributed by atoms with Crippen molar-refractivity contribution in [3.63, 3.8) is 0 Å². The molecule has 20 heavy (non-hydrogen) atoms. The van der Waals surface area contributed by atoms with Gasteiger partial charge in [-0.1, -0.05) is 0 Å². The number of nitrogens with one attached hydrogen (secondary N) is 2. The predicted octanol–water partition coefficient (Wildman–Crippen LogP) is 2.53. The molecule has 0 bridgehead atoms. The first-order valence-corrected chi connectivity index (χ1v) is 8.26. The molecule has 2 N–H and O–H groups in total. The van der Waals surface area contributed by atoms with Crippen molar-refractivity contribution < 1.29 is 4.79 Å². The van der Waals surface area contributed by atoms with Crippen molar-refractivity contribution in [1.29, 1.82) is 0 Å². The molecule has 2 rings (SSSR count). The molecule has 1 amide bonds. The fourth-order valence-corrected chi connectivity index (χ4v) is 3.44. The second kappa shape index (κ2) is 7.76. The summed E-state index contributed by atoms with van der Waals surface area (Å²) in [6.45, 7) is 5.94. The first kappa shape index (κ1) is 15.5. The summed E-state index contributed by atoms with van der Waals surface area (Å²) in [6.07, 6.45) is 3.91. The minimum atomic E-state index is -0.00373. The molecule has 2 heterocycles. The molecular formula is C15H25N3OS. The molecule has 0 unspecified atom stereocenters. The lowest BCUT2D eigenvalue weighted by Crippen LogP contribution is -2.31. The van der Waals surface area contributed by atoms with E-state index in [9.17, 15) is 4.79 Å². The number of hydrogen-bond donors (Lipinski definition) is 2. The highest BCUT2D eigenvalue weighted by Gasteiger charge is 2.15. The maximum atomic E-state index is 11.1.